The lowest BCUT2D eigenvalue weighted by Gasteiger charge is -2.08. The van der Waals surface area contributed by atoms with Gasteiger partial charge in [0.05, 0.1) is 16.2 Å². The summed E-state index contributed by atoms with van der Waals surface area (Å²) in [6, 6.07) is 0.477. The van der Waals surface area contributed by atoms with E-state index in [1.165, 1.54) is 13.8 Å². The van der Waals surface area contributed by atoms with Gasteiger partial charge in [-0.05, 0) is 13.8 Å². The summed E-state index contributed by atoms with van der Waals surface area (Å²) in [5.41, 5.74) is 3.88. The molecule has 90 valence electrons. The van der Waals surface area contributed by atoms with E-state index >= 15 is 0 Å². The van der Waals surface area contributed by atoms with Gasteiger partial charge in [-0.1, -0.05) is 12.2 Å². The molecule has 5 heteroatoms. The highest BCUT2D eigenvalue weighted by Crippen LogP contribution is 1.92. The first-order valence-electron chi connectivity index (χ1n) is 4.75. The molecule has 0 aromatic rings. The number of quaternary nitrogens is 1. The Kier molecular flexibility index (Phi) is 9.66. The van der Waals surface area contributed by atoms with Crippen LogP contribution in [0.4, 0.5) is 0 Å². The van der Waals surface area contributed by atoms with Crippen molar-refractivity contribution in [2.75, 3.05) is 0 Å². The normalized spacial score (nSPS) is 10.8. The van der Waals surface area contributed by atoms with Gasteiger partial charge in [-0.3, -0.25) is 0 Å². The Balaban J connectivity index is 0. The second-order valence-electron chi connectivity index (χ2n) is 3.46. The Bertz CT molecular complexity index is 260. The second-order valence-corrected chi connectivity index (χ2v) is 5.38. The zero-order valence-corrected chi connectivity index (χ0v) is 10.3. The minimum absolute atomic E-state index is 0.477. The van der Waals surface area contributed by atoms with Crippen LogP contribution < -0.4 is 5.73 Å². The smallest absolute Gasteiger partial charge is 0.0969 e. The van der Waals surface area contributed by atoms with Crippen LogP contribution in [0.15, 0.2) is 25.3 Å². The van der Waals surface area contributed by atoms with Crippen LogP contribution in [0.25, 0.3) is 0 Å². The zero-order chi connectivity index (χ0) is 12.5. The Morgan fingerprint density at radius 3 is 1.67 bits per heavy atom. The fraction of sp³-hybridized carbons (Fsp3) is 0.600. The molecule has 0 heterocycles. The summed E-state index contributed by atoms with van der Waals surface area (Å²) in [6.07, 6.45) is 5.76. The molecule has 0 amide bonds. The topological polar surface area (TPSA) is 84.8 Å². The third-order valence-electron chi connectivity index (χ3n) is 1.58. The summed E-state index contributed by atoms with van der Waals surface area (Å²) in [5, 5.41) is -0.785. The molecular formula is C10H21NO3S. The minimum atomic E-state index is -3.99. The van der Waals surface area contributed by atoms with Crippen molar-refractivity contribution >= 4 is 10.1 Å². The van der Waals surface area contributed by atoms with E-state index in [1.54, 1.807) is 0 Å². The summed E-state index contributed by atoms with van der Waals surface area (Å²) in [7, 11) is -3.99. The molecule has 0 saturated heterocycles. The summed E-state index contributed by atoms with van der Waals surface area (Å²) >= 11 is 0. The van der Waals surface area contributed by atoms with Crippen LogP contribution in [-0.4, -0.2) is 24.3 Å². The molecule has 0 aliphatic rings. The van der Waals surface area contributed by atoms with Crippen LogP contribution in [0.3, 0.4) is 0 Å². The van der Waals surface area contributed by atoms with E-state index in [0.29, 0.717) is 6.04 Å². The van der Waals surface area contributed by atoms with E-state index in [9.17, 15) is 13.0 Å². The Hall–Kier alpha value is -0.650. The fourth-order valence-corrected chi connectivity index (χ4v) is 0.568. The van der Waals surface area contributed by atoms with Crippen molar-refractivity contribution in [3.63, 3.8) is 0 Å². The second kappa shape index (κ2) is 8.64. The van der Waals surface area contributed by atoms with Crippen molar-refractivity contribution in [2.24, 2.45) is 0 Å². The molecule has 0 fully saturated rings. The molecule has 0 aromatic heterocycles. The van der Waals surface area contributed by atoms with Gasteiger partial charge < -0.3 is 10.3 Å². The van der Waals surface area contributed by atoms with Crippen LogP contribution in [0.1, 0.15) is 26.7 Å². The molecule has 0 unspecified atom stereocenters. The van der Waals surface area contributed by atoms with Gasteiger partial charge >= 0.3 is 0 Å². The molecule has 0 rings (SSSR count). The number of hydrogen-bond acceptors (Lipinski definition) is 3. The lowest BCUT2D eigenvalue weighted by Crippen LogP contribution is -2.60. The molecule has 0 bridgehead atoms. The molecule has 3 N–H and O–H groups in total. The van der Waals surface area contributed by atoms with Gasteiger partial charge in [-0.15, -0.1) is 13.2 Å². The fourth-order valence-electron chi connectivity index (χ4n) is 0.568. The van der Waals surface area contributed by atoms with Crippen molar-refractivity contribution in [3.05, 3.63) is 25.3 Å². The molecule has 0 spiro atoms. The Morgan fingerprint density at radius 2 is 1.53 bits per heavy atom. The Morgan fingerprint density at radius 1 is 1.27 bits per heavy atom. The van der Waals surface area contributed by atoms with E-state index in [4.69, 9.17) is 0 Å². The maximum Gasteiger partial charge on any atom is 0.0969 e. The highest BCUT2D eigenvalue weighted by atomic mass is 32.2. The summed E-state index contributed by atoms with van der Waals surface area (Å²) in [4.78, 5) is 0. The first-order valence-corrected chi connectivity index (χ1v) is 6.22. The van der Waals surface area contributed by atoms with Gasteiger partial charge in [0.1, 0.15) is 0 Å². The first-order chi connectivity index (χ1) is 6.75. The van der Waals surface area contributed by atoms with Gasteiger partial charge in [0.2, 0.25) is 0 Å². The highest BCUT2D eigenvalue weighted by Gasteiger charge is 1.98. The molecule has 0 aliphatic carbocycles. The van der Waals surface area contributed by atoms with Gasteiger partial charge in [0, 0.05) is 18.1 Å². The van der Waals surface area contributed by atoms with E-state index in [1.807, 2.05) is 12.2 Å². The number of hydrogen-bond donors (Lipinski definition) is 1. The number of rotatable bonds is 5. The molecule has 0 atom stereocenters. The average Bonchev–Trinajstić information content (AvgIpc) is 2.04. The van der Waals surface area contributed by atoms with E-state index in [-0.39, 0.29) is 0 Å². The predicted octanol–water partition coefficient (Wildman–Crippen LogP) is 0.689. The van der Waals surface area contributed by atoms with Crippen LogP contribution in [-0.2, 0) is 10.1 Å². The summed E-state index contributed by atoms with van der Waals surface area (Å²) in [5.74, 6) is 0. The molecule has 15 heavy (non-hydrogen) atoms. The van der Waals surface area contributed by atoms with Gasteiger partial charge in [-0.2, -0.15) is 0 Å². The largest absolute Gasteiger partial charge is 0.748 e. The molecule has 0 saturated carbocycles. The lowest BCUT2D eigenvalue weighted by molar-refractivity contribution is -0.417. The predicted molar refractivity (Wildman–Crippen MR) is 61.1 cm³/mol. The van der Waals surface area contributed by atoms with Crippen molar-refractivity contribution in [2.45, 2.75) is 38.0 Å². The van der Waals surface area contributed by atoms with E-state index in [0.717, 1.165) is 12.8 Å². The van der Waals surface area contributed by atoms with Crippen LogP contribution in [0.5, 0.6) is 0 Å². The van der Waals surface area contributed by atoms with Gasteiger partial charge in [0.25, 0.3) is 0 Å². The maximum absolute atomic E-state index is 9.78. The molecule has 0 aliphatic heterocycles. The maximum atomic E-state index is 9.78. The van der Waals surface area contributed by atoms with E-state index in [2.05, 4.69) is 18.9 Å². The van der Waals surface area contributed by atoms with Crippen molar-refractivity contribution in [1.82, 2.24) is 0 Å². The van der Waals surface area contributed by atoms with Crippen molar-refractivity contribution < 1.29 is 18.7 Å². The molecule has 0 radical (unpaired) electrons. The SMILES string of the molecule is C=CCC([NH3+])CC=C.CC(C)S(=O)(=O)[O-]. The quantitative estimate of drug-likeness (QED) is 0.562. The van der Waals surface area contributed by atoms with Crippen molar-refractivity contribution in [1.29, 1.82) is 0 Å². The Labute approximate surface area is 92.6 Å². The monoisotopic (exact) mass is 235 g/mol. The highest BCUT2D eigenvalue weighted by molar-refractivity contribution is 7.86. The third-order valence-corrected chi connectivity index (χ3v) is 2.73. The van der Waals surface area contributed by atoms with Crippen molar-refractivity contribution in [3.8, 4) is 0 Å². The summed E-state index contributed by atoms with van der Waals surface area (Å²) in [6.45, 7) is 9.92. The summed E-state index contributed by atoms with van der Waals surface area (Å²) < 4.78 is 29.3. The van der Waals surface area contributed by atoms with Crippen LogP contribution >= 0.6 is 0 Å². The molecular weight excluding hydrogens is 214 g/mol. The van der Waals surface area contributed by atoms with E-state index < -0.39 is 15.4 Å². The first kappa shape index (κ1) is 16.8. The van der Waals surface area contributed by atoms with Gasteiger partial charge in [0.15, 0.2) is 0 Å². The average molecular weight is 235 g/mol. The molecule has 0 aromatic carbocycles. The standard InChI is InChI=1S/C7H13N.C3H8O3S/c1-3-5-7(8)6-4-2;1-3(2)7(4,5)6/h3-4,7H,1-2,5-6,8H2;3H,1-2H3,(H,4,5,6). The minimum Gasteiger partial charge on any atom is -0.748 e. The third kappa shape index (κ3) is 13.3. The molecule has 4 nitrogen and oxygen atoms in total. The zero-order valence-electron chi connectivity index (χ0n) is 9.48. The van der Waals surface area contributed by atoms with Crippen LogP contribution in [0.2, 0.25) is 0 Å². The van der Waals surface area contributed by atoms with Crippen LogP contribution in [0, 0.1) is 0 Å². The van der Waals surface area contributed by atoms with Gasteiger partial charge in [-0.25, -0.2) is 8.42 Å². The lowest BCUT2D eigenvalue weighted by atomic mass is 10.1.